The molecule has 0 aliphatic heterocycles. The summed E-state index contributed by atoms with van der Waals surface area (Å²) in [7, 11) is 4.33. The highest BCUT2D eigenvalue weighted by molar-refractivity contribution is 7.15. The summed E-state index contributed by atoms with van der Waals surface area (Å²) in [6.45, 7) is 12.9. The van der Waals surface area contributed by atoms with Crippen molar-refractivity contribution in [1.82, 2.24) is 15.2 Å². The van der Waals surface area contributed by atoms with E-state index in [1.54, 1.807) is 11.3 Å². The van der Waals surface area contributed by atoms with Crippen LogP contribution in [0.25, 0.3) is 0 Å². The minimum atomic E-state index is 0.597. The van der Waals surface area contributed by atoms with Crippen molar-refractivity contribution >= 4 is 16.5 Å². The molecule has 0 radical (unpaired) electrons. The standard InChI is InChI=1S/C16H32N4S/c1-7-20(8-2)16-18-12-15(21-16)11-17-10-14(19(5)6)9-13(3)4/h12-14,17H,7-11H2,1-6H3. The molecule has 1 heterocycles. The van der Waals surface area contributed by atoms with Gasteiger partial charge in [0.15, 0.2) is 5.13 Å². The number of likely N-dealkylation sites (N-methyl/N-ethyl adjacent to an activating group) is 1. The van der Waals surface area contributed by atoms with Gasteiger partial charge < -0.3 is 15.1 Å². The maximum absolute atomic E-state index is 4.53. The average Bonchev–Trinajstić information content (AvgIpc) is 2.87. The third-order valence-electron chi connectivity index (χ3n) is 3.73. The van der Waals surface area contributed by atoms with E-state index in [-0.39, 0.29) is 0 Å². The van der Waals surface area contributed by atoms with Gasteiger partial charge in [-0.05, 0) is 40.3 Å². The van der Waals surface area contributed by atoms with Crippen molar-refractivity contribution in [2.45, 2.75) is 46.7 Å². The highest BCUT2D eigenvalue weighted by Crippen LogP contribution is 2.22. The van der Waals surface area contributed by atoms with Crippen LogP contribution in [-0.2, 0) is 6.54 Å². The number of thiazole rings is 1. The SMILES string of the molecule is CCN(CC)c1ncc(CNCC(CC(C)C)N(C)C)s1. The third kappa shape index (κ3) is 6.32. The molecule has 1 rings (SSSR count). The van der Waals surface area contributed by atoms with Crippen molar-refractivity contribution in [2.24, 2.45) is 5.92 Å². The molecule has 4 nitrogen and oxygen atoms in total. The number of hydrogen-bond acceptors (Lipinski definition) is 5. The molecule has 0 aliphatic carbocycles. The van der Waals surface area contributed by atoms with Crippen LogP contribution in [0.15, 0.2) is 6.20 Å². The average molecular weight is 313 g/mol. The van der Waals surface area contributed by atoms with E-state index in [0.29, 0.717) is 6.04 Å². The fraction of sp³-hybridized carbons (Fsp3) is 0.812. The number of hydrogen-bond donors (Lipinski definition) is 1. The maximum Gasteiger partial charge on any atom is 0.185 e. The van der Waals surface area contributed by atoms with Crippen molar-refractivity contribution in [3.63, 3.8) is 0 Å². The molecule has 0 aromatic carbocycles. The predicted octanol–water partition coefficient (Wildman–Crippen LogP) is 3.06. The summed E-state index contributed by atoms with van der Waals surface area (Å²) in [6, 6.07) is 0.597. The lowest BCUT2D eigenvalue weighted by atomic mass is 10.0. The Bertz CT molecular complexity index is 385. The Kier molecular flexibility index (Phi) is 8.22. The lowest BCUT2D eigenvalue weighted by Crippen LogP contribution is -2.38. The first-order valence-corrected chi connectivity index (χ1v) is 8.86. The Balaban J connectivity index is 2.44. The van der Waals surface area contributed by atoms with Crippen LogP contribution in [0.5, 0.6) is 0 Å². The van der Waals surface area contributed by atoms with Crippen molar-refractivity contribution in [3.05, 3.63) is 11.1 Å². The van der Waals surface area contributed by atoms with Gasteiger partial charge in [0.25, 0.3) is 0 Å². The van der Waals surface area contributed by atoms with Crippen LogP contribution in [0.1, 0.15) is 39.0 Å². The smallest absolute Gasteiger partial charge is 0.185 e. The Morgan fingerprint density at radius 1 is 1.24 bits per heavy atom. The predicted molar refractivity (Wildman–Crippen MR) is 94.3 cm³/mol. The second kappa shape index (κ2) is 9.38. The highest BCUT2D eigenvalue weighted by Gasteiger charge is 2.13. The van der Waals surface area contributed by atoms with Gasteiger partial charge in [-0.1, -0.05) is 13.8 Å². The van der Waals surface area contributed by atoms with Gasteiger partial charge in [-0.2, -0.15) is 0 Å². The highest BCUT2D eigenvalue weighted by atomic mass is 32.1. The van der Waals surface area contributed by atoms with Crippen LogP contribution in [0, 0.1) is 5.92 Å². The van der Waals surface area contributed by atoms with E-state index in [9.17, 15) is 0 Å². The summed E-state index contributed by atoms with van der Waals surface area (Å²) in [6.07, 6.45) is 3.24. The third-order valence-corrected chi connectivity index (χ3v) is 4.79. The summed E-state index contributed by atoms with van der Waals surface area (Å²) >= 11 is 1.80. The molecular weight excluding hydrogens is 280 g/mol. The molecule has 0 fully saturated rings. The zero-order valence-corrected chi connectivity index (χ0v) is 15.3. The van der Waals surface area contributed by atoms with Gasteiger partial charge in [0, 0.05) is 43.3 Å². The van der Waals surface area contributed by atoms with Crippen LogP contribution >= 0.6 is 11.3 Å². The zero-order valence-electron chi connectivity index (χ0n) is 14.5. The van der Waals surface area contributed by atoms with Crippen LogP contribution < -0.4 is 10.2 Å². The molecule has 1 aromatic heterocycles. The van der Waals surface area contributed by atoms with Gasteiger partial charge in [0.05, 0.1) is 0 Å². The molecule has 1 unspecified atom stereocenters. The quantitative estimate of drug-likeness (QED) is 0.719. The van der Waals surface area contributed by atoms with Crippen molar-refractivity contribution in [2.75, 3.05) is 38.6 Å². The first-order chi connectivity index (χ1) is 9.97. The van der Waals surface area contributed by atoms with E-state index in [1.807, 2.05) is 6.20 Å². The second-order valence-electron chi connectivity index (χ2n) is 6.16. The molecule has 0 spiro atoms. The Hall–Kier alpha value is -0.650. The van der Waals surface area contributed by atoms with Gasteiger partial charge in [-0.25, -0.2) is 4.98 Å². The number of rotatable bonds is 10. The van der Waals surface area contributed by atoms with Crippen LogP contribution in [0.2, 0.25) is 0 Å². The topological polar surface area (TPSA) is 31.4 Å². The Morgan fingerprint density at radius 2 is 1.90 bits per heavy atom. The summed E-state index contributed by atoms with van der Waals surface area (Å²) in [4.78, 5) is 10.5. The molecule has 0 aliphatic rings. The minimum Gasteiger partial charge on any atom is -0.349 e. The van der Waals surface area contributed by atoms with E-state index >= 15 is 0 Å². The largest absolute Gasteiger partial charge is 0.349 e. The fourth-order valence-corrected chi connectivity index (χ4v) is 3.41. The summed E-state index contributed by atoms with van der Waals surface area (Å²) in [5.41, 5.74) is 0. The van der Waals surface area contributed by atoms with Gasteiger partial charge in [0.1, 0.15) is 0 Å². The van der Waals surface area contributed by atoms with Crippen molar-refractivity contribution < 1.29 is 0 Å². The van der Waals surface area contributed by atoms with Crippen LogP contribution in [0.3, 0.4) is 0 Å². The molecule has 1 atom stereocenters. The van der Waals surface area contributed by atoms with Crippen molar-refractivity contribution in [1.29, 1.82) is 0 Å². The Morgan fingerprint density at radius 3 is 2.43 bits per heavy atom. The lowest BCUT2D eigenvalue weighted by Gasteiger charge is -2.26. The van der Waals surface area contributed by atoms with Gasteiger partial charge in [-0.3, -0.25) is 0 Å². The second-order valence-corrected chi connectivity index (χ2v) is 7.25. The fourth-order valence-electron chi connectivity index (χ4n) is 2.40. The Labute approximate surface area is 134 Å². The molecule has 0 bridgehead atoms. The van der Waals surface area contributed by atoms with E-state index in [1.165, 1.54) is 11.3 Å². The maximum atomic E-state index is 4.53. The monoisotopic (exact) mass is 312 g/mol. The molecule has 1 aromatic rings. The van der Waals surface area contributed by atoms with Gasteiger partial charge in [-0.15, -0.1) is 11.3 Å². The molecule has 21 heavy (non-hydrogen) atoms. The van der Waals surface area contributed by atoms with E-state index in [2.05, 4.69) is 61.9 Å². The molecule has 5 heteroatoms. The van der Waals surface area contributed by atoms with Gasteiger partial charge >= 0.3 is 0 Å². The first kappa shape index (κ1) is 18.4. The molecule has 0 amide bonds. The number of nitrogens with zero attached hydrogens (tertiary/aromatic N) is 3. The number of nitrogens with one attached hydrogen (secondary N) is 1. The molecular formula is C16H32N4S. The summed E-state index contributed by atoms with van der Waals surface area (Å²) in [5.74, 6) is 0.733. The minimum absolute atomic E-state index is 0.597. The van der Waals surface area contributed by atoms with Crippen LogP contribution in [-0.4, -0.2) is 49.7 Å². The number of aromatic nitrogens is 1. The summed E-state index contributed by atoms with van der Waals surface area (Å²) in [5, 5.41) is 4.73. The molecule has 122 valence electrons. The molecule has 0 saturated carbocycles. The summed E-state index contributed by atoms with van der Waals surface area (Å²) < 4.78 is 0. The van der Waals surface area contributed by atoms with E-state index in [0.717, 1.165) is 37.2 Å². The normalized spacial score (nSPS) is 13.1. The molecule has 0 saturated heterocycles. The van der Waals surface area contributed by atoms with Crippen LogP contribution in [0.4, 0.5) is 5.13 Å². The number of anilines is 1. The van der Waals surface area contributed by atoms with Crippen molar-refractivity contribution in [3.8, 4) is 0 Å². The molecule has 1 N–H and O–H groups in total. The first-order valence-electron chi connectivity index (χ1n) is 8.04. The lowest BCUT2D eigenvalue weighted by molar-refractivity contribution is 0.247. The zero-order chi connectivity index (χ0) is 15.8. The van der Waals surface area contributed by atoms with E-state index < -0.39 is 0 Å². The van der Waals surface area contributed by atoms with Gasteiger partial charge in [0.2, 0.25) is 0 Å². The van der Waals surface area contributed by atoms with E-state index in [4.69, 9.17) is 0 Å².